The third-order valence-electron chi connectivity index (χ3n) is 3.42. The third-order valence-corrected chi connectivity index (χ3v) is 3.42. The van der Waals surface area contributed by atoms with Gasteiger partial charge in [0.2, 0.25) is 0 Å². The Hall–Kier alpha value is -1.20. The topological polar surface area (TPSA) is 21.7 Å². The molecule has 1 unspecified atom stereocenters. The van der Waals surface area contributed by atoms with Crippen molar-refractivity contribution < 1.29 is 18.3 Å². The lowest BCUT2D eigenvalue weighted by Gasteiger charge is -2.27. The van der Waals surface area contributed by atoms with Crippen LogP contribution in [0.2, 0.25) is 0 Å². The molecular formula is C15H21F2NO2. The molecular weight excluding hydrogens is 264 g/mol. The van der Waals surface area contributed by atoms with Crippen LogP contribution in [0.5, 0.6) is 5.75 Å². The molecule has 112 valence electrons. The first-order chi connectivity index (χ1) is 9.65. The van der Waals surface area contributed by atoms with Gasteiger partial charge in [-0.15, -0.1) is 0 Å². The summed E-state index contributed by atoms with van der Waals surface area (Å²) in [6.07, 6.45) is 3.64. The number of alkyl halides is 2. The third kappa shape index (κ3) is 4.72. The summed E-state index contributed by atoms with van der Waals surface area (Å²) in [4.78, 5) is 2.09. The van der Waals surface area contributed by atoms with Crippen LogP contribution in [-0.4, -0.2) is 37.8 Å². The van der Waals surface area contributed by atoms with E-state index in [0.717, 1.165) is 31.6 Å². The number of para-hydroxylation sites is 1. The zero-order valence-electron chi connectivity index (χ0n) is 11.7. The molecule has 0 saturated carbocycles. The normalized spacial score (nSPS) is 19.6. The number of likely N-dealkylation sites (N-methyl/N-ethyl adjacent to an activating group) is 1. The lowest BCUT2D eigenvalue weighted by atomic mass is 10.1. The number of benzene rings is 1. The second-order valence-corrected chi connectivity index (χ2v) is 5.17. The molecule has 1 heterocycles. The molecule has 1 aliphatic heterocycles. The molecule has 1 aromatic rings. The maximum Gasteiger partial charge on any atom is 0.387 e. The number of nitrogens with zero attached hydrogens (tertiary/aromatic N) is 1. The van der Waals surface area contributed by atoms with Crippen molar-refractivity contribution in [3.05, 3.63) is 29.8 Å². The lowest BCUT2D eigenvalue weighted by molar-refractivity contribution is -0.0510. The highest BCUT2D eigenvalue weighted by molar-refractivity contribution is 5.33. The van der Waals surface area contributed by atoms with Gasteiger partial charge in [0, 0.05) is 25.3 Å². The van der Waals surface area contributed by atoms with Gasteiger partial charge in [-0.2, -0.15) is 8.78 Å². The molecule has 5 heteroatoms. The second kappa shape index (κ2) is 7.55. The first kappa shape index (κ1) is 15.2. The Labute approximate surface area is 118 Å². The summed E-state index contributed by atoms with van der Waals surface area (Å²) in [6.45, 7) is -0.585. The van der Waals surface area contributed by atoms with Crippen molar-refractivity contribution in [3.63, 3.8) is 0 Å². The van der Waals surface area contributed by atoms with Gasteiger partial charge >= 0.3 is 6.61 Å². The van der Waals surface area contributed by atoms with E-state index in [0.29, 0.717) is 6.54 Å². The molecule has 1 aromatic carbocycles. The van der Waals surface area contributed by atoms with E-state index in [2.05, 4.69) is 9.64 Å². The number of ether oxygens (including phenoxy) is 2. The molecule has 20 heavy (non-hydrogen) atoms. The molecule has 0 N–H and O–H groups in total. The molecule has 1 atom stereocenters. The minimum atomic E-state index is -2.79. The van der Waals surface area contributed by atoms with Gasteiger partial charge in [0.1, 0.15) is 5.75 Å². The fraction of sp³-hybridized carbons (Fsp3) is 0.600. The van der Waals surface area contributed by atoms with Crippen LogP contribution < -0.4 is 4.74 Å². The van der Waals surface area contributed by atoms with E-state index in [9.17, 15) is 8.78 Å². The molecule has 2 rings (SSSR count). The first-order valence-corrected chi connectivity index (χ1v) is 6.98. The smallest absolute Gasteiger partial charge is 0.387 e. The van der Waals surface area contributed by atoms with E-state index in [4.69, 9.17) is 4.74 Å². The Bertz CT molecular complexity index is 409. The fourth-order valence-corrected chi connectivity index (χ4v) is 2.50. The largest absolute Gasteiger partial charge is 0.434 e. The summed E-state index contributed by atoms with van der Waals surface area (Å²) < 4.78 is 34.9. The van der Waals surface area contributed by atoms with Crippen molar-refractivity contribution in [2.45, 2.75) is 38.5 Å². The summed E-state index contributed by atoms with van der Waals surface area (Å²) in [6, 6.07) is 6.92. The van der Waals surface area contributed by atoms with E-state index in [1.807, 2.05) is 19.2 Å². The average molecular weight is 285 g/mol. The minimum absolute atomic E-state index is 0.247. The summed E-state index contributed by atoms with van der Waals surface area (Å²) in [7, 11) is 1.97. The van der Waals surface area contributed by atoms with Crippen molar-refractivity contribution in [1.29, 1.82) is 0 Å². The van der Waals surface area contributed by atoms with E-state index >= 15 is 0 Å². The molecule has 0 radical (unpaired) electrons. The molecule has 1 saturated heterocycles. The molecule has 0 aliphatic carbocycles. The quantitative estimate of drug-likeness (QED) is 0.800. The predicted octanol–water partition coefficient (Wildman–Crippen LogP) is 3.29. The Kier molecular flexibility index (Phi) is 5.73. The summed E-state index contributed by atoms with van der Waals surface area (Å²) in [5, 5.41) is 0. The Morgan fingerprint density at radius 2 is 2.15 bits per heavy atom. The van der Waals surface area contributed by atoms with Crippen molar-refractivity contribution in [2.75, 3.05) is 20.2 Å². The second-order valence-electron chi connectivity index (χ2n) is 5.17. The van der Waals surface area contributed by atoms with Crippen LogP contribution >= 0.6 is 0 Å². The van der Waals surface area contributed by atoms with Crippen molar-refractivity contribution in [3.8, 4) is 5.75 Å². The molecule has 0 aromatic heterocycles. The SMILES string of the molecule is CN(Cc1ccccc1OC(F)F)CC1CCCCO1. The van der Waals surface area contributed by atoms with E-state index in [-0.39, 0.29) is 11.9 Å². The van der Waals surface area contributed by atoms with E-state index < -0.39 is 6.61 Å². The zero-order valence-corrected chi connectivity index (χ0v) is 11.7. The molecule has 1 aliphatic rings. The maximum atomic E-state index is 12.4. The van der Waals surface area contributed by atoms with Crippen LogP contribution in [0.4, 0.5) is 8.78 Å². The van der Waals surface area contributed by atoms with Crippen LogP contribution in [-0.2, 0) is 11.3 Å². The van der Waals surface area contributed by atoms with Crippen LogP contribution in [0, 0.1) is 0 Å². The van der Waals surface area contributed by atoms with Crippen LogP contribution in [0.25, 0.3) is 0 Å². The predicted molar refractivity (Wildman–Crippen MR) is 73.0 cm³/mol. The number of hydrogen-bond acceptors (Lipinski definition) is 3. The van der Waals surface area contributed by atoms with Gasteiger partial charge in [-0.25, -0.2) is 0 Å². The van der Waals surface area contributed by atoms with Gasteiger partial charge in [-0.1, -0.05) is 18.2 Å². The van der Waals surface area contributed by atoms with Crippen molar-refractivity contribution >= 4 is 0 Å². The molecule has 0 spiro atoms. The average Bonchev–Trinajstić information content (AvgIpc) is 2.41. The Morgan fingerprint density at radius 1 is 1.35 bits per heavy atom. The van der Waals surface area contributed by atoms with Gasteiger partial charge < -0.3 is 9.47 Å². The van der Waals surface area contributed by atoms with Gasteiger partial charge in [0.05, 0.1) is 6.10 Å². The standard InChI is InChI=1S/C15H21F2NO2/c1-18(11-13-7-4-5-9-19-13)10-12-6-2-3-8-14(12)20-15(16)17/h2-3,6,8,13,15H,4-5,7,9-11H2,1H3. The zero-order chi connectivity index (χ0) is 14.4. The summed E-state index contributed by atoms with van der Waals surface area (Å²) in [5.74, 6) is 0.249. The van der Waals surface area contributed by atoms with E-state index in [1.165, 1.54) is 6.42 Å². The van der Waals surface area contributed by atoms with Crippen molar-refractivity contribution in [1.82, 2.24) is 4.90 Å². The van der Waals surface area contributed by atoms with Crippen LogP contribution in [0.15, 0.2) is 24.3 Å². The molecule has 1 fully saturated rings. The van der Waals surface area contributed by atoms with Gasteiger partial charge in [-0.3, -0.25) is 4.90 Å². The maximum absolute atomic E-state index is 12.4. The highest BCUT2D eigenvalue weighted by Crippen LogP contribution is 2.22. The molecule has 0 amide bonds. The molecule has 0 bridgehead atoms. The Balaban J connectivity index is 1.91. The van der Waals surface area contributed by atoms with Crippen LogP contribution in [0.1, 0.15) is 24.8 Å². The number of rotatable bonds is 6. The summed E-state index contributed by atoms with van der Waals surface area (Å²) >= 11 is 0. The Morgan fingerprint density at radius 3 is 2.85 bits per heavy atom. The first-order valence-electron chi connectivity index (χ1n) is 6.98. The highest BCUT2D eigenvalue weighted by Gasteiger charge is 2.17. The van der Waals surface area contributed by atoms with Crippen molar-refractivity contribution in [2.24, 2.45) is 0 Å². The monoisotopic (exact) mass is 285 g/mol. The number of halogens is 2. The van der Waals surface area contributed by atoms with Gasteiger partial charge in [0.15, 0.2) is 0 Å². The van der Waals surface area contributed by atoms with Gasteiger partial charge in [0.25, 0.3) is 0 Å². The van der Waals surface area contributed by atoms with E-state index in [1.54, 1.807) is 12.1 Å². The number of hydrogen-bond donors (Lipinski definition) is 0. The lowest BCUT2D eigenvalue weighted by Crippen LogP contribution is -2.33. The van der Waals surface area contributed by atoms with Crippen LogP contribution in [0.3, 0.4) is 0 Å². The molecule has 3 nitrogen and oxygen atoms in total. The van der Waals surface area contributed by atoms with Gasteiger partial charge in [-0.05, 0) is 32.4 Å². The highest BCUT2D eigenvalue weighted by atomic mass is 19.3. The fourth-order valence-electron chi connectivity index (χ4n) is 2.50. The minimum Gasteiger partial charge on any atom is -0.434 e. The summed E-state index contributed by atoms with van der Waals surface area (Å²) in [5.41, 5.74) is 0.770.